The Kier molecular flexibility index (Phi) is 8.43. The van der Waals surface area contributed by atoms with Crippen LogP contribution in [-0.4, -0.2) is 13.7 Å². The summed E-state index contributed by atoms with van der Waals surface area (Å²) in [5.41, 5.74) is 5.34. The summed E-state index contributed by atoms with van der Waals surface area (Å²) in [4.78, 5) is 5.42. The Balaban J connectivity index is 2.07. The van der Waals surface area contributed by atoms with E-state index in [2.05, 4.69) is 24.2 Å². The predicted molar refractivity (Wildman–Crippen MR) is 83.6 cm³/mol. The summed E-state index contributed by atoms with van der Waals surface area (Å²) in [6, 6.07) is 7.86. The monoisotopic (exact) mass is 275 g/mol. The van der Waals surface area contributed by atoms with E-state index in [-0.39, 0.29) is 0 Å². The van der Waals surface area contributed by atoms with Gasteiger partial charge in [0.05, 0.1) is 13.7 Å². The summed E-state index contributed by atoms with van der Waals surface area (Å²) >= 11 is 0. The van der Waals surface area contributed by atoms with E-state index in [1.807, 2.05) is 31.2 Å². The van der Waals surface area contributed by atoms with E-state index in [1.54, 1.807) is 7.11 Å². The molecule has 1 rings (SSSR count). The fraction of sp³-hybridized carbons (Fsp3) is 0.412. The van der Waals surface area contributed by atoms with Crippen LogP contribution in [0.4, 0.5) is 0 Å². The van der Waals surface area contributed by atoms with E-state index in [1.165, 1.54) is 5.57 Å². The highest BCUT2D eigenvalue weighted by molar-refractivity contribution is 5.26. The zero-order chi connectivity index (χ0) is 14.6. The largest absolute Gasteiger partial charge is 0.497 e. The van der Waals surface area contributed by atoms with E-state index < -0.39 is 0 Å². The second-order valence-electron chi connectivity index (χ2n) is 4.64. The average Bonchev–Trinajstić information content (AvgIpc) is 2.48. The van der Waals surface area contributed by atoms with Gasteiger partial charge in [-0.25, -0.2) is 5.48 Å². The minimum Gasteiger partial charge on any atom is -0.497 e. The molecule has 110 valence electrons. The minimum atomic E-state index is 0.551. The lowest BCUT2D eigenvalue weighted by atomic mass is 10.1. The third-order valence-electron chi connectivity index (χ3n) is 2.98. The van der Waals surface area contributed by atoms with Crippen molar-refractivity contribution in [3.63, 3.8) is 0 Å². The first-order chi connectivity index (χ1) is 9.76. The average molecular weight is 275 g/mol. The molecular formula is C17H25NO2. The molecule has 0 aliphatic rings. The Bertz CT molecular complexity index is 410. The van der Waals surface area contributed by atoms with Crippen molar-refractivity contribution in [1.82, 2.24) is 5.48 Å². The lowest BCUT2D eigenvalue weighted by Crippen LogP contribution is -2.16. The number of hydrogen-bond donors (Lipinski definition) is 1. The van der Waals surface area contributed by atoms with Crippen molar-refractivity contribution in [3.8, 4) is 5.75 Å². The Labute approximate surface area is 122 Å². The van der Waals surface area contributed by atoms with Crippen LogP contribution in [0.1, 0.15) is 31.7 Å². The number of allylic oxidation sites excluding steroid dienone is 2. The van der Waals surface area contributed by atoms with Crippen molar-refractivity contribution in [3.05, 3.63) is 54.1 Å². The van der Waals surface area contributed by atoms with Crippen molar-refractivity contribution in [1.29, 1.82) is 0 Å². The van der Waals surface area contributed by atoms with Gasteiger partial charge in [0.15, 0.2) is 0 Å². The molecule has 0 aromatic heterocycles. The van der Waals surface area contributed by atoms with Crippen LogP contribution in [0.25, 0.3) is 0 Å². The van der Waals surface area contributed by atoms with Crippen LogP contribution < -0.4 is 10.2 Å². The molecule has 1 aromatic carbocycles. The summed E-state index contributed by atoms with van der Waals surface area (Å²) in [7, 11) is 1.66. The SMILES string of the molecule is C=C(CC/C=C\C)CCNOCc1ccc(OC)cc1. The van der Waals surface area contributed by atoms with Crippen LogP contribution in [0.3, 0.4) is 0 Å². The quantitative estimate of drug-likeness (QED) is 0.397. The standard InChI is InChI=1S/C17H25NO2/c1-4-5-6-7-15(2)12-13-18-20-14-16-8-10-17(19-3)11-9-16/h4-5,8-11,18H,2,6-7,12-14H2,1,3H3/b5-4-. The highest BCUT2D eigenvalue weighted by Gasteiger charge is 1.96. The van der Waals surface area contributed by atoms with Gasteiger partial charge < -0.3 is 4.74 Å². The van der Waals surface area contributed by atoms with Gasteiger partial charge in [0.25, 0.3) is 0 Å². The van der Waals surface area contributed by atoms with Crippen molar-refractivity contribution in [2.24, 2.45) is 0 Å². The highest BCUT2D eigenvalue weighted by Crippen LogP contribution is 2.11. The first kappa shape index (κ1) is 16.5. The maximum atomic E-state index is 5.42. The van der Waals surface area contributed by atoms with E-state index in [4.69, 9.17) is 9.57 Å². The Morgan fingerprint density at radius 3 is 2.65 bits per heavy atom. The van der Waals surface area contributed by atoms with E-state index in [0.717, 1.165) is 37.1 Å². The van der Waals surface area contributed by atoms with Gasteiger partial charge in [0, 0.05) is 6.54 Å². The zero-order valence-electron chi connectivity index (χ0n) is 12.5. The highest BCUT2D eigenvalue weighted by atomic mass is 16.6. The fourth-order valence-electron chi connectivity index (χ4n) is 1.74. The second-order valence-corrected chi connectivity index (χ2v) is 4.64. The van der Waals surface area contributed by atoms with Gasteiger partial charge in [-0.05, 0) is 43.9 Å². The molecule has 1 aromatic rings. The molecule has 0 unspecified atom stereocenters. The van der Waals surface area contributed by atoms with Gasteiger partial charge in [-0.3, -0.25) is 4.84 Å². The van der Waals surface area contributed by atoms with E-state index in [0.29, 0.717) is 6.61 Å². The Morgan fingerprint density at radius 2 is 2.00 bits per heavy atom. The van der Waals surface area contributed by atoms with Gasteiger partial charge >= 0.3 is 0 Å². The van der Waals surface area contributed by atoms with Gasteiger partial charge in [-0.2, -0.15) is 0 Å². The third-order valence-corrected chi connectivity index (χ3v) is 2.98. The molecule has 0 heterocycles. The number of rotatable bonds is 10. The number of hydrogen-bond acceptors (Lipinski definition) is 3. The lowest BCUT2D eigenvalue weighted by molar-refractivity contribution is 0.0287. The van der Waals surface area contributed by atoms with Crippen molar-refractivity contribution in [2.45, 2.75) is 32.8 Å². The molecule has 0 aliphatic heterocycles. The third kappa shape index (κ3) is 7.12. The summed E-state index contributed by atoms with van der Waals surface area (Å²) in [6.45, 7) is 7.44. The molecule has 0 amide bonds. The summed E-state index contributed by atoms with van der Waals surface area (Å²) in [5.74, 6) is 0.860. The smallest absolute Gasteiger partial charge is 0.118 e. The predicted octanol–water partition coefficient (Wildman–Crippen LogP) is 4.02. The number of nitrogens with one attached hydrogen (secondary N) is 1. The number of ether oxygens (including phenoxy) is 1. The van der Waals surface area contributed by atoms with Crippen molar-refractivity contribution < 1.29 is 9.57 Å². The van der Waals surface area contributed by atoms with Crippen LogP contribution in [0.2, 0.25) is 0 Å². The lowest BCUT2D eigenvalue weighted by Gasteiger charge is -2.08. The van der Waals surface area contributed by atoms with Crippen LogP contribution in [0, 0.1) is 0 Å². The van der Waals surface area contributed by atoms with Gasteiger partial charge in [0.2, 0.25) is 0 Å². The number of methoxy groups -OCH3 is 1. The van der Waals surface area contributed by atoms with Gasteiger partial charge in [-0.1, -0.05) is 36.4 Å². The van der Waals surface area contributed by atoms with E-state index in [9.17, 15) is 0 Å². The molecule has 0 spiro atoms. The summed E-state index contributed by atoms with van der Waals surface area (Å²) in [5, 5.41) is 0. The Hall–Kier alpha value is -1.58. The minimum absolute atomic E-state index is 0.551. The first-order valence-corrected chi connectivity index (χ1v) is 7.01. The molecule has 0 atom stereocenters. The van der Waals surface area contributed by atoms with Gasteiger partial charge in [0.1, 0.15) is 5.75 Å². The summed E-state index contributed by atoms with van der Waals surface area (Å²) < 4.78 is 5.11. The molecule has 0 saturated heterocycles. The fourth-order valence-corrected chi connectivity index (χ4v) is 1.74. The van der Waals surface area contributed by atoms with Crippen LogP contribution in [0.15, 0.2) is 48.6 Å². The number of benzene rings is 1. The molecule has 0 saturated carbocycles. The maximum Gasteiger partial charge on any atom is 0.118 e. The van der Waals surface area contributed by atoms with Crippen LogP contribution in [0.5, 0.6) is 5.75 Å². The normalized spacial score (nSPS) is 10.9. The molecule has 3 heteroatoms. The number of hydroxylamine groups is 1. The van der Waals surface area contributed by atoms with Crippen LogP contribution >= 0.6 is 0 Å². The molecular weight excluding hydrogens is 250 g/mol. The molecule has 0 aliphatic carbocycles. The molecule has 0 fully saturated rings. The molecule has 0 bridgehead atoms. The molecule has 1 N–H and O–H groups in total. The van der Waals surface area contributed by atoms with E-state index >= 15 is 0 Å². The molecule has 0 radical (unpaired) electrons. The topological polar surface area (TPSA) is 30.5 Å². The van der Waals surface area contributed by atoms with Crippen LogP contribution in [-0.2, 0) is 11.4 Å². The van der Waals surface area contributed by atoms with Crippen molar-refractivity contribution in [2.75, 3.05) is 13.7 Å². The maximum absolute atomic E-state index is 5.42. The Morgan fingerprint density at radius 1 is 1.25 bits per heavy atom. The molecule has 20 heavy (non-hydrogen) atoms. The first-order valence-electron chi connectivity index (χ1n) is 7.01. The van der Waals surface area contributed by atoms with Gasteiger partial charge in [-0.15, -0.1) is 0 Å². The zero-order valence-corrected chi connectivity index (χ0v) is 12.5. The summed E-state index contributed by atoms with van der Waals surface area (Å²) in [6.07, 6.45) is 7.30. The van der Waals surface area contributed by atoms with Crippen molar-refractivity contribution >= 4 is 0 Å². The second kappa shape index (κ2) is 10.2. The molecule has 3 nitrogen and oxygen atoms in total.